The maximum atomic E-state index is 13.8. The van der Waals surface area contributed by atoms with E-state index in [2.05, 4.69) is 4.90 Å². The minimum Gasteiger partial charge on any atom is -0.760 e. The van der Waals surface area contributed by atoms with Gasteiger partial charge in [-0.3, -0.25) is 9.11 Å². The highest BCUT2D eigenvalue weighted by molar-refractivity contribution is 7.76. The minimum atomic E-state index is -2.28. The number of nitrogens with zero attached hydrogens (tertiary/aromatic N) is 2. The van der Waals surface area contributed by atoms with Gasteiger partial charge < -0.3 is 9.66 Å². The van der Waals surface area contributed by atoms with Crippen LogP contribution in [-0.4, -0.2) is 61.4 Å². The van der Waals surface area contributed by atoms with E-state index in [0.717, 1.165) is 22.3 Å². The van der Waals surface area contributed by atoms with Crippen molar-refractivity contribution in [3.05, 3.63) is 71.1 Å². The molecule has 2 heterocycles. The average Bonchev–Trinajstić information content (AvgIpc) is 2.71. The lowest BCUT2D eigenvalue weighted by Gasteiger charge is -2.56. The molecule has 2 aliphatic rings. The van der Waals surface area contributed by atoms with E-state index in [1.54, 1.807) is 13.0 Å². The summed E-state index contributed by atoms with van der Waals surface area (Å²) in [6.45, 7) is 5.21. The van der Waals surface area contributed by atoms with Crippen LogP contribution in [0.2, 0.25) is 0 Å². The van der Waals surface area contributed by atoms with E-state index >= 15 is 0 Å². The molecule has 0 aliphatic carbocycles. The summed E-state index contributed by atoms with van der Waals surface area (Å²) < 4.78 is 38.4. The quantitative estimate of drug-likeness (QED) is 0.600. The summed E-state index contributed by atoms with van der Waals surface area (Å²) in [7, 11) is 0. The van der Waals surface area contributed by atoms with Crippen LogP contribution >= 0.6 is 0 Å². The lowest BCUT2D eigenvalue weighted by atomic mass is 9.74. The molecule has 3 unspecified atom stereocenters. The number of halogens is 1. The third-order valence-electron chi connectivity index (χ3n) is 6.59. The predicted molar refractivity (Wildman–Crippen MR) is 115 cm³/mol. The Labute approximate surface area is 179 Å². The van der Waals surface area contributed by atoms with Crippen molar-refractivity contribution < 1.29 is 18.3 Å². The Balaban J connectivity index is 1.62. The van der Waals surface area contributed by atoms with Gasteiger partial charge in [-0.05, 0) is 47.7 Å². The van der Waals surface area contributed by atoms with Crippen LogP contribution in [0.15, 0.2) is 48.6 Å². The van der Waals surface area contributed by atoms with Gasteiger partial charge in [0.15, 0.2) is 0 Å². The van der Waals surface area contributed by atoms with E-state index in [1.165, 1.54) is 10.4 Å². The van der Waals surface area contributed by atoms with Gasteiger partial charge in [0, 0.05) is 48.9 Å². The number of hydrogen-bond acceptors (Lipinski definition) is 4. The molecule has 0 bridgehead atoms. The number of aliphatic hydroxyl groups excluding tert-OH is 1. The Morgan fingerprint density at radius 1 is 1.10 bits per heavy atom. The number of fused-ring (bicyclic) bond motifs is 1. The zero-order chi connectivity index (χ0) is 21.4. The van der Waals surface area contributed by atoms with Crippen LogP contribution < -0.4 is 0 Å². The number of benzene rings is 2. The second-order valence-electron chi connectivity index (χ2n) is 8.04. The second kappa shape index (κ2) is 8.69. The molecule has 0 saturated carbocycles. The third kappa shape index (κ3) is 3.76. The van der Waals surface area contributed by atoms with Gasteiger partial charge in [-0.25, -0.2) is 8.70 Å². The lowest BCUT2D eigenvalue weighted by molar-refractivity contribution is -0.0416. The first-order valence-corrected chi connectivity index (χ1v) is 11.2. The molecule has 2 aromatic carbocycles. The van der Waals surface area contributed by atoms with Crippen molar-refractivity contribution in [1.29, 1.82) is 0 Å². The van der Waals surface area contributed by atoms with Gasteiger partial charge in [-0.2, -0.15) is 0 Å². The van der Waals surface area contributed by atoms with Gasteiger partial charge in [0.25, 0.3) is 0 Å². The van der Waals surface area contributed by atoms with E-state index in [-0.39, 0.29) is 30.4 Å². The molecule has 1 saturated heterocycles. The summed E-state index contributed by atoms with van der Waals surface area (Å²) in [6, 6.07) is 11.4. The fraction of sp³-hybridized carbons (Fsp3) is 0.391. The molecule has 5 nitrogen and oxygen atoms in total. The SMILES string of the molecule is Cc1c(F)ccc(-c2ccc(C3C(CO)N4C/C=C\CN(S(=O)[O-])C[C@@H]34)cc2)c1C. The molecule has 1 fully saturated rings. The van der Waals surface area contributed by atoms with Gasteiger partial charge >= 0.3 is 0 Å². The smallest absolute Gasteiger partial charge is 0.126 e. The van der Waals surface area contributed by atoms with Gasteiger partial charge in [0.05, 0.1) is 6.61 Å². The van der Waals surface area contributed by atoms with Gasteiger partial charge in [-0.15, -0.1) is 0 Å². The highest BCUT2D eigenvalue weighted by Crippen LogP contribution is 2.42. The first-order valence-electron chi connectivity index (χ1n) is 10.1. The predicted octanol–water partition coefficient (Wildman–Crippen LogP) is 2.90. The van der Waals surface area contributed by atoms with Crippen molar-refractivity contribution in [2.45, 2.75) is 31.8 Å². The normalized spacial score (nSPS) is 26.9. The standard InChI is InChI=1S/C23H27FN2O3S/c1-15-16(2)20(24)10-9-19(15)17-5-7-18(8-6-17)23-21-13-25(30(28)29)11-3-4-12-26(21)22(23)14-27/h3-10,21-23,27H,11-14H2,1-2H3,(H,28,29)/p-1/b4-3-/t21-,22?,23?/m0/s1. The van der Waals surface area contributed by atoms with Gasteiger partial charge in [0.1, 0.15) is 5.82 Å². The molecule has 30 heavy (non-hydrogen) atoms. The topological polar surface area (TPSA) is 66.8 Å². The maximum Gasteiger partial charge on any atom is 0.126 e. The van der Waals surface area contributed by atoms with Crippen molar-refractivity contribution in [3.63, 3.8) is 0 Å². The molecule has 0 aromatic heterocycles. The van der Waals surface area contributed by atoms with Crippen LogP contribution in [0, 0.1) is 19.7 Å². The van der Waals surface area contributed by atoms with Crippen molar-refractivity contribution in [3.8, 4) is 11.1 Å². The molecule has 7 heteroatoms. The first-order chi connectivity index (χ1) is 14.4. The van der Waals surface area contributed by atoms with E-state index in [1.807, 2.05) is 43.3 Å². The molecule has 2 aliphatic heterocycles. The largest absolute Gasteiger partial charge is 0.760 e. The van der Waals surface area contributed by atoms with E-state index < -0.39 is 11.3 Å². The lowest BCUT2D eigenvalue weighted by Crippen LogP contribution is -2.67. The molecular weight excluding hydrogens is 403 g/mol. The number of hydrogen-bond donors (Lipinski definition) is 1. The second-order valence-corrected chi connectivity index (χ2v) is 8.99. The summed E-state index contributed by atoms with van der Waals surface area (Å²) in [5.74, 6) is -0.149. The van der Waals surface area contributed by atoms with Crippen LogP contribution in [0.25, 0.3) is 11.1 Å². The summed E-state index contributed by atoms with van der Waals surface area (Å²) in [5, 5.41) is 9.98. The highest BCUT2D eigenvalue weighted by atomic mass is 32.2. The Morgan fingerprint density at radius 2 is 1.80 bits per heavy atom. The van der Waals surface area contributed by atoms with Crippen LogP contribution in [0.5, 0.6) is 0 Å². The zero-order valence-electron chi connectivity index (χ0n) is 17.1. The molecular formula is C23H26FN2O3S-. The van der Waals surface area contributed by atoms with Crippen molar-refractivity contribution in [2.75, 3.05) is 26.2 Å². The highest BCUT2D eigenvalue weighted by Gasteiger charge is 2.48. The van der Waals surface area contributed by atoms with E-state index in [9.17, 15) is 18.3 Å². The van der Waals surface area contributed by atoms with Crippen LogP contribution in [0.1, 0.15) is 22.6 Å². The molecule has 4 atom stereocenters. The van der Waals surface area contributed by atoms with Crippen molar-refractivity contribution in [1.82, 2.24) is 9.21 Å². The monoisotopic (exact) mass is 429 g/mol. The first kappa shape index (κ1) is 21.3. The Morgan fingerprint density at radius 3 is 2.47 bits per heavy atom. The Kier molecular flexibility index (Phi) is 6.18. The third-order valence-corrected chi connectivity index (χ3v) is 7.31. The van der Waals surface area contributed by atoms with Crippen LogP contribution in [-0.2, 0) is 11.3 Å². The summed E-state index contributed by atoms with van der Waals surface area (Å²) in [5.41, 5.74) is 4.67. The van der Waals surface area contributed by atoms with E-state index in [0.29, 0.717) is 25.2 Å². The Bertz CT molecular complexity index is 979. The number of rotatable bonds is 4. The molecule has 1 N–H and O–H groups in total. The van der Waals surface area contributed by atoms with Crippen LogP contribution in [0.3, 0.4) is 0 Å². The zero-order valence-corrected chi connectivity index (χ0v) is 17.9. The molecule has 0 radical (unpaired) electrons. The molecule has 4 rings (SSSR count). The van der Waals surface area contributed by atoms with E-state index in [4.69, 9.17) is 0 Å². The molecule has 0 spiro atoms. The minimum absolute atomic E-state index is 0.0191. The fourth-order valence-electron chi connectivity index (χ4n) is 4.74. The average molecular weight is 430 g/mol. The summed E-state index contributed by atoms with van der Waals surface area (Å²) >= 11 is -2.28. The maximum absolute atomic E-state index is 13.8. The van der Waals surface area contributed by atoms with Crippen molar-refractivity contribution >= 4 is 11.3 Å². The summed E-state index contributed by atoms with van der Waals surface area (Å²) in [6.07, 6.45) is 3.82. The Hall–Kier alpha value is -1.90. The molecule has 2 aromatic rings. The van der Waals surface area contributed by atoms with Gasteiger partial charge in [0.2, 0.25) is 0 Å². The van der Waals surface area contributed by atoms with Crippen LogP contribution in [0.4, 0.5) is 4.39 Å². The van der Waals surface area contributed by atoms with Crippen molar-refractivity contribution in [2.24, 2.45) is 0 Å². The van der Waals surface area contributed by atoms with Gasteiger partial charge in [-0.1, -0.05) is 42.5 Å². The summed E-state index contributed by atoms with van der Waals surface area (Å²) in [4.78, 5) is 2.17. The number of aliphatic hydroxyl groups is 1. The fourth-order valence-corrected chi connectivity index (χ4v) is 5.23. The molecule has 0 amide bonds. The molecule has 160 valence electrons.